The fourth-order valence-corrected chi connectivity index (χ4v) is 4.99. The largest absolute Gasteiger partial charge is 0.336 e. The number of aromatic amines is 1. The molecule has 3 rings (SSSR count). The highest BCUT2D eigenvalue weighted by atomic mass is 32.2. The molecule has 2 aliphatic heterocycles. The van der Waals surface area contributed by atoms with Gasteiger partial charge in [0.25, 0.3) is 21.7 Å². The predicted octanol–water partition coefficient (Wildman–Crippen LogP) is 0.254. The molecule has 8 nitrogen and oxygen atoms in total. The first-order valence-electron chi connectivity index (χ1n) is 8.72. The number of rotatable bonds is 3. The van der Waals surface area contributed by atoms with Crippen molar-refractivity contribution in [3.05, 3.63) is 34.2 Å². The molecule has 9 heteroatoms. The second kappa shape index (κ2) is 7.67. The Morgan fingerprint density at radius 3 is 2.12 bits per heavy atom. The van der Waals surface area contributed by atoms with Gasteiger partial charge < -0.3 is 9.88 Å². The molecule has 3 heterocycles. The highest BCUT2D eigenvalue weighted by Crippen LogP contribution is 2.18. The molecule has 2 aliphatic rings. The number of piperazine rings is 1. The summed E-state index contributed by atoms with van der Waals surface area (Å²) in [5.41, 5.74) is -0.335. The smallest absolute Gasteiger partial charge is 0.282 e. The van der Waals surface area contributed by atoms with Crippen molar-refractivity contribution in [3.8, 4) is 0 Å². The lowest BCUT2D eigenvalue weighted by atomic mass is 10.2. The topological polar surface area (TPSA) is 93.8 Å². The molecule has 1 N–H and O–H groups in total. The Bertz CT molecular complexity index is 760. The van der Waals surface area contributed by atoms with Crippen LogP contribution < -0.4 is 5.56 Å². The van der Waals surface area contributed by atoms with Gasteiger partial charge in [-0.25, -0.2) is 0 Å². The summed E-state index contributed by atoms with van der Waals surface area (Å²) in [5, 5.41) is 0. The highest BCUT2D eigenvalue weighted by molar-refractivity contribution is 7.86. The monoisotopic (exact) mass is 368 g/mol. The van der Waals surface area contributed by atoms with Gasteiger partial charge in [0.2, 0.25) is 0 Å². The minimum Gasteiger partial charge on any atom is -0.336 e. The lowest BCUT2D eigenvalue weighted by Crippen LogP contribution is -2.54. The van der Waals surface area contributed by atoms with E-state index in [0.717, 1.165) is 25.7 Å². The van der Waals surface area contributed by atoms with Gasteiger partial charge in [-0.1, -0.05) is 12.8 Å². The fourth-order valence-electron chi connectivity index (χ4n) is 3.32. The zero-order valence-corrected chi connectivity index (χ0v) is 15.0. The van der Waals surface area contributed by atoms with Gasteiger partial charge in [0, 0.05) is 45.5 Å². The Morgan fingerprint density at radius 1 is 0.920 bits per heavy atom. The van der Waals surface area contributed by atoms with E-state index in [0.29, 0.717) is 26.2 Å². The number of amides is 1. The molecule has 0 atom stereocenters. The molecule has 0 aromatic carbocycles. The normalized spacial score (nSPS) is 21.0. The second-order valence-electron chi connectivity index (χ2n) is 6.43. The highest BCUT2D eigenvalue weighted by Gasteiger charge is 2.34. The number of hydrogen-bond donors (Lipinski definition) is 1. The summed E-state index contributed by atoms with van der Waals surface area (Å²) in [7, 11) is -3.47. The quantitative estimate of drug-likeness (QED) is 0.828. The van der Waals surface area contributed by atoms with Gasteiger partial charge in [0.1, 0.15) is 5.56 Å². The number of hydrogen-bond acceptors (Lipinski definition) is 4. The van der Waals surface area contributed by atoms with Crippen LogP contribution in [0.3, 0.4) is 0 Å². The molecule has 0 saturated carbocycles. The molecular weight excluding hydrogens is 344 g/mol. The third kappa shape index (κ3) is 3.94. The molecule has 1 aromatic rings. The average molecular weight is 368 g/mol. The first-order valence-corrected chi connectivity index (χ1v) is 10.1. The van der Waals surface area contributed by atoms with Crippen LogP contribution in [-0.2, 0) is 10.2 Å². The van der Waals surface area contributed by atoms with Crippen LogP contribution in [0.1, 0.15) is 36.0 Å². The van der Waals surface area contributed by atoms with Crippen molar-refractivity contribution >= 4 is 16.1 Å². The molecule has 0 aliphatic carbocycles. The van der Waals surface area contributed by atoms with E-state index < -0.39 is 15.8 Å². The number of carbonyl (C=O) groups is 1. The van der Waals surface area contributed by atoms with Crippen LogP contribution in [0.25, 0.3) is 0 Å². The van der Waals surface area contributed by atoms with E-state index in [-0.39, 0.29) is 24.6 Å². The number of aromatic nitrogens is 1. The molecule has 1 amide bonds. The van der Waals surface area contributed by atoms with Crippen LogP contribution in [-0.4, -0.2) is 72.1 Å². The van der Waals surface area contributed by atoms with E-state index in [1.165, 1.54) is 16.6 Å². The number of nitrogens with one attached hydrogen (secondary N) is 1. The van der Waals surface area contributed by atoms with Gasteiger partial charge >= 0.3 is 0 Å². The summed E-state index contributed by atoms with van der Waals surface area (Å²) >= 11 is 0. The Kier molecular flexibility index (Phi) is 5.55. The number of nitrogens with zero attached hydrogens (tertiary/aromatic N) is 3. The zero-order valence-electron chi connectivity index (χ0n) is 14.2. The van der Waals surface area contributed by atoms with Crippen molar-refractivity contribution in [1.29, 1.82) is 0 Å². The molecule has 25 heavy (non-hydrogen) atoms. The maximum Gasteiger partial charge on any atom is 0.282 e. The first kappa shape index (κ1) is 18.1. The van der Waals surface area contributed by atoms with E-state index in [4.69, 9.17) is 0 Å². The van der Waals surface area contributed by atoms with Gasteiger partial charge in [-0.3, -0.25) is 9.59 Å². The molecule has 1 aromatic heterocycles. The van der Waals surface area contributed by atoms with Gasteiger partial charge in [0.15, 0.2) is 0 Å². The SMILES string of the molecule is O=C(c1ccc[nH]c1=O)N1CCN(S(=O)(=O)N2CCCCCC2)CC1. The van der Waals surface area contributed by atoms with Crippen LogP contribution in [0.15, 0.2) is 23.1 Å². The van der Waals surface area contributed by atoms with E-state index in [1.54, 1.807) is 15.3 Å². The third-order valence-corrected chi connectivity index (χ3v) is 6.83. The Morgan fingerprint density at radius 2 is 1.52 bits per heavy atom. The zero-order chi connectivity index (χ0) is 17.9. The Balaban J connectivity index is 1.64. The van der Waals surface area contributed by atoms with Gasteiger partial charge in [0.05, 0.1) is 0 Å². The van der Waals surface area contributed by atoms with Gasteiger partial charge in [-0.05, 0) is 25.0 Å². The standard InChI is InChI=1S/C16H24N4O4S/c21-15-14(6-5-7-17-15)16(22)18-10-12-20(13-11-18)25(23,24)19-8-3-1-2-4-9-19/h5-7H,1-4,8-13H2,(H,17,21). The molecule has 0 radical (unpaired) electrons. The molecule has 0 bridgehead atoms. The molecule has 0 spiro atoms. The molecule has 0 unspecified atom stereocenters. The van der Waals surface area contributed by atoms with Crippen molar-refractivity contribution in [1.82, 2.24) is 18.5 Å². The predicted molar refractivity (Wildman–Crippen MR) is 93.5 cm³/mol. The van der Waals surface area contributed by atoms with E-state index in [1.807, 2.05) is 0 Å². The van der Waals surface area contributed by atoms with E-state index in [9.17, 15) is 18.0 Å². The summed E-state index contributed by atoms with van der Waals surface area (Å²) in [6.45, 7) is 2.24. The first-order chi connectivity index (χ1) is 12.0. The number of pyridine rings is 1. The Hall–Kier alpha value is -1.71. The number of carbonyl (C=O) groups excluding carboxylic acids is 1. The maximum absolute atomic E-state index is 12.8. The summed E-state index contributed by atoms with van der Waals surface area (Å²) in [4.78, 5) is 28.2. The van der Waals surface area contributed by atoms with E-state index >= 15 is 0 Å². The van der Waals surface area contributed by atoms with Crippen molar-refractivity contribution in [2.45, 2.75) is 25.7 Å². The van der Waals surface area contributed by atoms with Crippen LogP contribution in [0.5, 0.6) is 0 Å². The molecule has 2 fully saturated rings. The molecule has 138 valence electrons. The van der Waals surface area contributed by atoms with E-state index in [2.05, 4.69) is 4.98 Å². The third-order valence-electron chi connectivity index (χ3n) is 4.79. The van der Waals surface area contributed by atoms with Crippen LogP contribution in [0, 0.1) is 0 Å². The Labute approximate surface area is 147 Å². The van der Waals surface area contributed by atoms with Crippen molar-refractivity contribution in [2.75, 3.05) is 39.3 Å². The lowest BCUT2D eigenvalue weighted by Gasteiger charge is -2.36. The summed E-state index contributed by atoms with van der Waals surface area (Å²) in [6, 6.07) is 3.09. The van der Waals surface area contributed by atoms with Crippen LogP contribution >= 0.6 is 0 Å². The van der Waals surface area contributed by atoms with Crippen LogP contribution in [0.4, 0.5) is 0 Å². The minimum atomic E-state index is -3.47. The number of H-pyrrole nitrogens is 1. The second-order valence-corrected chi connectivity index (χ2v) is 8.35. The summed E-state index contributed by atoms with van der Waals surface area (Å²) in [5.74, 6) is -0.353. The minimum absolute atomic E-state index is 0.0892. The van der Waals surface area contributed by atoms with Crippen molar-refractivity contribution in [2.24, 2.45) is 0 Å². The van der Waals surface area contributed by atoms with Crippen LogP contribution in [0.2, 0.25) is 0 Å². The summed E-state index contributed by atoms with van der Waals surface area (Å²) < 4.78 is 28.6. The maximum atomic E-state index is 12.8. The lowest BCUT2D eigenvalue weighted by molar-refractivity contribution is 0.0692. The van der Waals surface area contributed by atoms with Crippen molar-refractivity contribution in [3.63, 3.8) is 0 Å². The molecular formula is C16H24N4O4S. The fraction of sp³-hybridized carbons (Fsp3) is 0.625. The van der Waals surface area contributed by atoms with Gasteiger partial charge in [-0.15, -0.1) is 0 Å². The van der Waals surface area contributed by atoms with Gasteiger partial charge in [-0.2, -0.15) is 17.0 Å². The molecule has 2 saturated heterocycles. The average Bonchev–Trinajstić information content (AvgIpc) is 2.92. The van der Waals surface area contributed by atoms with Crippen molar-refractivity contribution < 1.29 is 13.2 Å². The summed E-state index contributed by atoms with van der Waals surface area (Å²) in [6.07, 6.45) is 5.41.